The molecular formula is C18H24BF4P. The second-order valence-electron chi connectivity index (χ2n) is 5.71. The van der Waals surface area contributed by atoms with E-state index in [2.05, 4.69) is 69.3 Å². The highest BCUT2D eigenvalue weighted by Crippen LogP contribution is 2.36. The van der Waals surface area contributed by atoms with Crippen LogP contribution in [0.25, 0.3) is 0 Å². The first-order valence-corrected chi connectivity index (χ1v) is 9.80. The molecular weight excluding hydrogens is 334 g/mol. The molecule has 0 aliphatic rings. The molecule has 6 heteroatoms. The van der Waals surface area contributed by atoms with Gasteiger partial charge >= 0.3 is 7.25 Å². The van der Waals surface area contributed by atoms with Gasteiger partial charge in [-0.3, -0.25) is 0 Å². The molecule has 0 aromatic heterocycles. The molecule has 0 radical (unpaired) electrons. The fourth-order valence-electron chi connectivity index (χ4n) is 2.59. The van der Waals surface area contributed by atoms with Crippen LogP contribution in [0.15, 0.2) is 48.5 Å². The molecule has 2 rings (SSSR count). The van der Waals surface area contributed by atoms with E-state index >= 15 is 0 Å². The monoisotopic (exact) mass is 358 g/mol. The number of hydrogen-bond acceptors (Lipinski definition) is 0. The Morgan fingerprint density at radius 1 is 0.792 bits per heavy atom. The van der Waals surface area contributed by atoms with Gasteiger partial charge in [0.15, 0.2) is 0 Å². The fourth-order valence-corrected chi connectivity index (χ4v) is 5.84. The normalized spacial score (nSPS) is 11.2. The summed E-state index contributed by atoms with van der Waals surface area (Å²) in [7, 11) is -6.62. The molecule has 0 aliphatic carbocycles. The summed E-state index contributed by atoms with van der Waals surface area (Å²) >= 11 is 0. The summed E-state index contributed by atoms with van der Waals surface area (Å²) in [5.74, 6) is 0. The van der Waals surface area contributed by atoms with Crippen molar-refractivity contribution in [3.8, 4) is 0 Å². The Balaban J connectivity index is 0.000000505. The van der Waals surface area contributed by atoms with Gasteiger partial charge in [-0.2, -0.15) is 0 Å². The smallest absolute Gasteiger partial charge is 0.418 e. The minimum absolute atomic E-state index is 0.623. The molecule has 0 saturated carbocycles. The summed E-state index contributed by atoms with van der Waals surface area (Å²) in [6.07, 6.45) is 3.96. The van der Waals surface area contributed by atoms with Gasteiger partial charge in [-0.05, 0) is 43.5 Å². The first-order valence-electron chi connectivity index (χ1n) is 8.09. The highest BCUT2D eigenvalue weighted by molar-refractivity contribution is 7.73. The second-order valence-corrected chi connectivity index (χ2v) is 8.24. The Morgan fingerprint density at radius 3 is 1.50 bits per heavy atom. The van der Waals surface area contributed by atoms with Crippen molar-refractivity contribution in [3.05, 3.63) is 59.7 Å². The number of hydrogen-bond donors (Lipinski definition) is 0. The van der Waals surface area contributed by atoms with Gasteiger partial charge in [0.25, 0.3) is 0 Å². The first-order chi connectivity index (χ1) is 11.2. The van der Waals surface area contributed by atoms with Crippen molar-refractivity contribution in [2.45, 2.75) is 33.6 Å². The third-order valence-electron chi connectivity index (χ3n) is 3.72. The van der Waals surface area contributed by atoms with Crippen LogP contribution in [0.5, 0.6) is 0 Å². The van der Waals surface area contributed by atoms with Crippen LogP contribution >= 0.6 is 7.92 Å². The molecule has 0 bridgehead atoms. The van der Waals surface area contributed by atoms with E-state index < -0.39 is 15.2 Å². The molecule has 0 saturated heterocycles. The standard InChI is InChI=1S/C18H23P.BF4/c1-4-5-14-19(17-12-8-6-10-15(17)2)18-13-9-7-11-16(18)3;2-1(3,4)5/h6-13H,4-5,14H2,1-3H3;/q;-1/p+1. The number of unbranched alkanes of at least 4 members (excludes halogenated alkanes) is 1. The highest BCUT2D eigenvalue weighted by atomic mass is 31.1. The van der Waals surface area contributed by atoms with Crippen molar-refractivity contribution < 1.29 is 17.3 Å². The van der Waals surface area contributed by atoms with Gasteiger partial charge in [-0.25, -0.2) is 0 Å². The maximum Gasteiger partial charge on any atom is 0.673 e. The summed E-state index contributed by atoms with van der Waals surface area (Å²) in [6.45, 7) is 6.80. The summed E-state index contributed by atoms with van der Waals surface area (Å²) in [4.78, 5) is 0. The van der Waals surface area contributed by atoms with Crippen LogP contribution in [-0.4, -0.2) is 13.4 Å². The predicted octanol–water partition coefficient (Wildman–Crippen LogP) is 5.57. The third-order valence-corrected chi connectivity index (χ3v) is 7.00. The van der Waals surface area contributed by atoms with E-state index in [-0.39, 0.29) is 0 Å². The topological polar surface area (TPSA) is 0 Å². The molecule has 0 spiro atoms. The second kappa shape index (κ2) is 9.83. The Bertz CT molecular complexity index is 577. The minimum atomic E-state index is -6.00. The summed E-state index contributed by atoms with van der Waals surface area (Å²) in [6, 6.07) is 17.9. The zero-order chi connectivity index (χ0) is 18.2. The van der Waals surface area contributed by atoms with Crippen molar-refractivity contribution in [2.24, 2.45) is 0 Å². The first kappa shape index (κ1) is 20.7. The van der Waals surface area contributed by atoms with Crippen LogP contribution < -0.4 is 10.6 Å². The molecule has 24 heavy (non-hydrogen) atoms. The highest BCUT2D eigenvalue weighted by Gasteiger charge is 2.24. The maximum atomic E-state index is 9.75. The van der Waals surface area contributed by atoms with Crippen molar-refractivity contribution in [3.63, 3.8) is 0 Å². The summed E-state index contributed by atoms with van der Waals surface area (Å²) in [5.41, 5.74) is 2.91. The van der Waals surface area contributed by atoms with Crippen LogP contribution in [-0.2, 0) is 0 Å². The van der Waals surface area contributed by atoms with Gasteiger partial charge in [0.1, 0.15) is 0 Å². The lowest BCUT2D eigenvalue weighted by molar-refractivity contribution is 0.368. The van der Waals surface area contributed by atoms with Gasteiger partial charge in [0.2, 0.25) is 0 Å². The zero-order valence-electron chi connectivity index (χ0n) is 14.3. The largest absolute Gasteiger partial charge is 0.673 e. The van der Waals surface area contributed by atoms with E-state index in [1.54, 1.807) is 10.6 Å². The van der Waals surface area contributed by atoms with E-state index in [1.165, 1.54) is 30.1 Å². The molecule has 0 aliphatic heterocycles. The third kappa shape index (κ3) is 7.48. The average molecular weight is 358 g/mol. The molecule has 0 fully saturated rings. The molecule has 0 unspecified atom stereocenters. The quantitative estimate of drug-likeness (QED) is 0.373. The molecule has 0 nitrogen and oxygen atoms in total. The molecule has 132 valence electrons. The van der Waals surface area contributed by atoms with Crippen LogP contribution in [0, 0.1) is 13.8 Å². The lowest BCUT2D eigenvalue weighted by Crippen LogP contribution is -2.18. The number of benzene rings is 2. The Kier molecular flexibility index (Phi) is 8.48. The summed E-state index contributed by atoms with van der Waals surface area (Å²) < 4.78 is 39.0. The molecule has 0 atom stereocenters. The lowest BCUT2D eigenvalue weighted by Gasteiger charge is -2.14. The van der Waals surface area contributed by atoms with Gasteiger partial charge < -0.3 is 17.3 Å². The summed E-state index contributed by atoms with van der Waals surface area (Å²) in [5, 5.41) is 3.19. The van der Waals surface area contributed by atoms with E-state index in [9.17, 15) is 17.3 Å². The Morgan fingerprint density at radius 2 is 1.17 bits per heavy atom. The lowest BCUT2D eigenvalue weighted by atomic mass is 10.2. The van der Waals surface area contributed by atoms with Gasteiger partial charge in [0.05, 0.1) is 24.7 Å². The van der Waals surface area contributed by atoms with Gasteiger partial charge in [-0.15, -0.1) is 0 Å². The molecule has 0 amide bonds. The number of rotatable bonds is 5. The van der Waals surface area contributed by atoms with E-state index in [4.69, 9.17) is 0 Å². The predicted molar refractivity (Wildman–Crippen MR) is 99.9 cm³/mol. The van der Waals surface area contributed by atoms with Crippen molar-refractivity contribution >= 4 is 25.8 Å². The van der Waals surface area contributed by atoms with E-state index in [1.807, 2.05) is 0 Å². The van der Waals surface area contributed by atoms with Crippen molar-refractivity contribution in [2.75, 3.05) is 6.16 Å². The number of halogens is 4. The van der Waals surface area contributed by atoms with Crippen LogP contribution in [0.1, 0.15) is 30.9 Å². The van der Waals surface area contributed by atoms with E-state index in [0.717, 1.165) is 0 Å². The van der Waals surface area contributed by atoms with Gasteiger partial charge in [-0.1, -0.05) is 49.7 Å². The Labute approximate surface area is 143 Å². The van der Waals surface area contributed by atoms with Crippen LogP contribution in [0.3, 0.4) is 0 Å². The Hall–Kier alpha value is -1.35. The van der Waals surface area contributed by atoms with Crippen LogP contribution in [0.4, 0.5) is 17.3 Å². The number of aryl methyl sites for hydroxylation is 2. The fraction of sp³-hybridized carbons (Fsp3) is 0.333. The average Bonchev–Trinajstić information content (AvgIpc) is 2.49. The molecule has 2 aromatic rings. The maximum absolute atomic E-state index is 9.75. The van der Waals surface area contributed by atoms with E-state index in [0.29, 0.717) is 0 Å². The molecule has 0 heterocycles. The molecule has 0 N–H and O–H groups in total. The molecule has 2 aromatic carbocycles. The zero-order valence-corrected chi connectivity index (χ0v) is 15.3. The van der Waals surface area contributed by atoms with Gasteiger partial charge in [0, 0.05) is 0 Å². The van der Waals surface area contributed by atoms with Crippen molar-refractivity contribution in [1.29, 1.82) is 0 Å². The SMILES string of the molecule is CCCC[PH+](c1ccccc1C)c1ccccc1C.F[B-](F)(F)F. The van der Waals surface area contributed by atoms with Crippen LogP contribution in [0.2, 0.25) is 0 Å². The van der Waals surface area contributed by atoms with Crippen molar-refractivity contribution in [1.82, 2.24) is 0 Å². The minimum Gasteiger partial charge on any atom is -0.418 e.